The van der Waals surface area contributed by atoms with Gasteiger partial charge in [-0.15, -0.1) is 0 Å². The Morgan fingerprint density at radius 3 is 2.92 bits per heavy atom. The van der Waals surface area contributed by atoms with E-state index in [-0.39, 0.29) is 12.0 Å². The number of hydrogen-bond acceptors (Lipinski definition) is 6. The minimum Gasteiger partial charge on any atom is -0.491 e. The molecule has 6 nitrogen and oxygen atoms in total. The first kappa shape index (κ1) is 17.9. The molecule has 2 aromatic rings. The van der Waals surface area contributed by atoms with Gasteiger partial charge in [-0.25, -0.2) is 0 Å². The SMILES string of the molecule is CC[C@H]1C[C@H](c2nc(-c3ccccc3OCCN(C)C)no2)CCO1. The number of benzene rings is 1. The monoisotopic (exact) mass is 345 g/mol. The molecule has 1 fully saturated rings. The van der Waals surface area contributed by atoms with Gasteiger partial charge in [0.1, 0.15) is 12.4 Å². The van der Waals surface area contributed by atoms with Crippen molar-refractivity contribution in [2.45, 2.75) is 38.2 Å². The van der Waals surface area contributed by atoms with Crippen molar-refractivity contribution in [1.29, 1.82) is 0 Å². The molecule has 0 amide bonds. The van der Waals surface area contributed by atoms with Crippen LogP contribution in [-0.2, 0) is 4.74 Å². The highest BCUT2D eigenvalue weighted by molar-refractivity contribution is 5.63. The fraction of sp³-hybridized carbons (Fsp3) is 0.579. The summed E-state index contributed by atoms with van der Waals surface area (Å²) in [7, 11) is 4.05. The van der Waals surface area contributed by atoms with Gasteiger partial charge < -0.3 is 18.9 Å². The third-order valence-electron chi connectivity index (χ3n) is 4.54. The van der Waals surface area contributed by atoms with Crippen LogP contribution >= 0.6 is 0 Å². The second kappa shape index (κ2) is 8.45. The Balaban J connectivity index is 1.73. The standard InChI is InChI=1S/C19H27N3O3/c1-4-15-13-14(9-11-23-15)19-20-18(21-25-19)16-7-5-6-8-17(16)24-12-10-22(2)3/h5-8,14-15H,4,9-13H2,1-3H3/t14-,15+/m1/s1. The largest absolute Gasteiger partial charge is 0.491 e. The maximum atomic E-state index is 5.91. The molecule has 2 atom stereocenters. The van der Waals surface area contributed by atoms with Gasteiger partial charge in [0.05, 0.1) is 11.7 Å². The lowest BCUT2D eigenvalue weighted by Gasteiger charge is -2.26. The molecule has 0 unspecified atom stereocenters. The number of para-hydroxylation sites is 1. The summed E-state index contributed by atoms with van der Waals surface area (Å²) >= 11 is 0. The molecule has 2 heterocycles. The number of rotatable bonds is 7. The van der Waals surface area contributed by atoms with Crippen molar-refractivity contribution in [3.63, 3.8) is 0 Å². The zero-order valence-corrected chi connectivity index (χ0v) is 15.3. The summed E-state index contributed by atoms with van der Waals surface area (Å²) in [5.41, 5.74) is 0.871. The number of nitrogens with zero attached hydrogens (tertiary/aromatic N) is 3. The van der Waals surface area contributed by atoms with Crippen LogP contribution in [0.5, 0.6) is 5.75 Å². The Hall–Kier alpha value is -1.92. The van der Waals surface area contributed by atoms with E-state index in [4.69, 9.17) is 14.0 Å². The van der Waals surface area contributed by atoms with Crippen LogP contribution in [0.3, 0.4) is 0 Å². The Morgan fingerprint density at radius 2 is 2.12 bits per heavy atom. The van der Waals surface area contributed by atoms with E-state index < -0.39 is 0 Å². The quantitative estimate of drug-likeness (QED) is 0.767. The normalized spacial score (nSPS) is 20.8. The first-order chi connectivity index (χ1) is 12.2. The molecular formula is C19H27N3O3. The molecule has 0 bridgehead atoms. The Morgan fingerprint density at radius 1 is 1.28 bits per heavy atom. The van der Waals surface area contributed by atoms with Crippen molar-refractivity contribution < 1.29 is 14.0 Å². The van der Waals surface area contributed by atoms with Gasteiger partial charge in [0.2, 0.25) is 11.7 Å². The third-order valence-corrected chi connectivity index (χ3v) is 4.54. The summed E-state index contributed by atoms with van der Waals surface area (Å²) in [5, 5.41) is 4.20. The topological polar surface area (TPSA) is 60.6 Å². The van der Waals surface area contributed by atoms with Gasteiger partial charge in [0.25, 0.3) is 0 Å². The second-order valence-corrected chi connectivity index (χ2v) is 6.73. The van der Waals surface area contributed by atoms with Crippen LogP contribution in [0, 0.1) is 0 Å². The summed E-state index contributed by atoms with van der Waals surface area (Å²) in [6.07, 6.45) is 3.17. The van der Waals surface area contributed by atoms with Crippen molar-refractivity contribution in [1.82, 2.24) is 15.0 Å². The van der Waals surface area contributed by atoms with E-state index in [0.717, 1.165) is 43.7 Å². The first-order valence-corrected chi connectivity index (χ1v) is 8.99. The minimum atomic E-state index is 0.279. The fourth-order valence-corrected chi connectivity index (χ4v) is 3.01. The van der Waals surface area contributed by atoms with Crippen molar-refractivity contribution in [3.05, 3.63) is 30.2 Å². The van der Waals surface area contributed by atoms with Crippen LogP contribution in [0.4, 0.5) is 0 Å². The summed E-state index contributed by atoms with van der Waals surface area (Å²) in [4.78, 5) is 6.74. The molecule has 0 radical (unpaired) electrons. The van der Waals surface area contributed by atoms with E-state index in [1.807, 2.05) is 38.4 Å². The zero-order chi connectivity index (χ0) is 17.6. The molecule has 0 spiro atoms. The predicted octanol–water partition coefficient (Wildman–Crippen LogP) is 3.35. The predicted molar refractivity (Wildman–Crippen MR) is 95.8 cm³/mol. The lowest BCUT2D eigenvalue weighted by Crippen LogP contribution is -2.24. The summed E-state index contributed by atoms with van der Waals surface area (Å²) in [6, 6.07) is 7.84. The maximum absolute atomic E-state index is 5.91. The molecule has 3 rings (SSSR count). The van der Waals surface area contributed by atoms with E-state index in [1.165, 1.54) is 0 Å². The van der Waals surface area contributed by atoms with E-state index in [2.05, 4.69) is 22.0 Å². The van der Waals surface area contributed by atoms with Crippen molar-refractivity contribution in [3.8, 4) is 17.1 Å². The van der Waals surface area contributed by atoms with Crippen LogP contribution < -0.4 is 4.74 Å². The minimum absolute atomic E-state index is 0.279. The summed E-state index contributed by atoms with van der Waals surface area (Å²) < 4.78 is 17.2. The molecule has 25 heavy (non-hydrogen) atoms. The highest BCUT2D eigenvalue weighted by atomic mass is 16.5. The molecule has 1 aliphatic rings. The molecule has 0 N–H and O–H groups in total. The van der Waals surface area contributed by atoms with Gasteiger partial charge >= 0.3 is 0 Å². The number of ether oxygens (including phenoxy) is 2. The molecule has 1 aromatic heterocycles. The van der Waals surface area contributed by atoms with E-state index in [0.29, 0.717) is 18.3 Å². The highest BCUT2D eigenvalue weighted by Gasteiger charge is 2.27. The van der Waals surface area contributed by atoms with Crippen LogP contribution in [0.1, 0.15) is 38.0 Å². The molecule has 136 valence electrons. The van der Waals surface area contributed by atoms with Gasteiger partial charge in [-0.1, -0.05) is 24.2 Å². The Kier molecular flexibility index (Phi) is 6.04. The third kappa shape index (κ3) is 4.58. The first-order valence-electron chi connectivity index (χ1n) is 8.99. The van der Waals surface area contributed by atoms with Crippen molar-refractivity contribution in [2.75, 3.05) is 33.9 Å². The average molecular weight is 345 g/mol. The number of hydrogen-bond donors (Lipinski definition) is 0. The van der Waals surface area contributed by atoms with Crippen LogP contribution in [0.15, 0.2) is 28.8 Å². The summed E-state index contributed by atoms with van der Waals surface area (Å²) in [5.74, 6) is 2.37. The van der Waals surface area contributed by atoms with E-state index in [9.17, 15) is 0 Å². The smallest absolute Gasteiger partial charge is 0.230 e. The van der Waals surface area contributed by atoms with Gasteiger partial charge in [-0.05, 0) is 45.5 Å². The lowest BCUT2D eigenvalue weighted by atomic mass is 9.94. The van der Waals surface area contributed by atoms with Gasteiger partial charge in [0, 0.05) is 19.1 Å². The van der Waals surface area contributed by atoms with Gasteiger partial charge in [-0.2, -0.15) is 4.98 Å². The lowest BCUT2D eigenvalue weighted by molar-refractivity contribution is 0.0000982. The van der Waals surface area contributed by atoms with Gasteiger partial charge in [-0.3, -0.25) is 0 Å². The van der Waals surface area contributed by atoms with E-state index >= 15 is 0 Å². The highest BCUT2D eigenvalue weighted by Crippen LogP contribution is 2.33. The Labute approximate surface area is 149 Å². The van der Waals surface area contributed by atoms with Crippen LogP contribution in [-0.4, -0.2) is 55.0 Å². The van der Waals surface area contributed by atoms with Crippen molar-refractivity contribution in [2.24, 2.45) is 0 Å². The number of aromatic nitrogens is 2. The zero-order valence-electron chi connectivity index (χ0n) is 15.3. The Bertz CT molecular complexity index is 671. The van der Waals surface area contributed by atoms with Crippen molar-refractivity contribution >= 4 is 0 Å². The molecule has 1 aliphatic heterocycles. The van der Waals surface area contributed by atoms with E-state index in [1.54, 1.807) is 0 Å². The summed E-state index contributed by atoms with van der Waals surface area (Å²) in [6.45, 7) is 4.37. The second-order valence-electron chi connectivity index (χ2n) is 6.73. The molecule has 6 heteroatoms. The number of likely N-dealkylation sites (N-methyl/N-ethyl adjacent to an activating group) is 1. The fourth-order valence-electron chi connectivity index (χ4n) is 3.01. The van der Waals surface area contributed by atoms with Crippen LogP contribution in [0.25, 0.3) is 11.4 Å². The molecule has 1 saturated heterocycles. The average Bonchev–Trinajstić information content (AvgIpc) is 3.12. The molecule has 1 aromatic carbocycles. The van der Waals surface area contributed by atoms with Crippen LogP contribution in [0.2, 0.25) is 0 Å². The molecular weight excluding hydrogens is 318 g/mol. The molecule has 0 aliphatic carbocycles. The molecule has 0 saturated carbocycles. The maximum Gasteiger partial charge on any atom is 0.230 e. The van der Waals surface area contributed by atoms with Gasteiger partial charge in [0.15, 0.2) is 0 Å².